The van der Waals surface area contributed by atoms with Gasteiger partial charge in [0, 0.05) is 0 Å². The lowest BCUT2D eigenvalue weighted by molar-refractivity contribution is 0.824. The van der Waals surface area contributed by atoms with Gasteiger partial charge in [0.1, 0.15) is 5.52 Å². The summed E-state index contributed by atoms with van der Waals surface area (Å²) in [5.74, 6) is 0. The molecular weight excluding hydrogens is 307 g/mol. The van der Waals surface area contributed by atoms with Crippen LogP contribution in [0.25, 0.3) is 11.2 Å². The molecule has 0 atom stereocenters. The normalized spacial score (nSPS) is 11.1. The highest BCUT2D eigenvalue weighted by Crippen LogP contribution is 2.26. The summed E-state index contributed by atoms with van der Waals surface area (Å²) in [5, 5.41) is 0.598. The third-order valence-electron chi connectivity index (χ3n) is 2.67. The van der Waals surface area contributed by atoms with Gasteiger partial charge in [-0.25, -0.2) is 4.98 Å². The average molecular weight is 314 g/mol. The zero-order valence-electron chi connectivity index (χ0n) is 9.52. The van der Waals surface area contributed by atoms with E-state index in [0.717, 1.165) is 5.56 Å². The Kier molecular flexibility index (Phi) is 3.31. The largest absolute Gasteiger partial charge is 0.306 e. The van der Waals surface area contributed by atoms with E-state index < -0.39 is 0 Å². The summed E-state index contributed by atoms with van der Waals surface area (Å²) in [6.45, 7) is 0.543. The minimum absolute atomic E-state index is 0.0542. The zero-order chi connectivity index (χ0) is 13.4. The molecule has 7 heteroatoms. The molecule has 0 aliphatic rings. The first kappa shape index (κ1) is 12.7. The minimum atomic E-state index is 0.0542. The number of aromatic nitrogens is 4. The molecule has 0 N–H and O–H groups in total. The lowest BCUT2D eigenvalue weighted by atomic mass is 10.2. The molecule has 2 aromatic heterocycles. The first-order chi connectivity index (χ1) is 9.15. The lowest BCUT2D eigenvalue weighted by Gasteiger charge is -2.06. The molecule has 0 radical (unpaired) electrons. The minimum Gasteiger partial charge on any atom is -0.306 e. The van der Waals surface area contributed by atoms with Gasteiger partial charge in [-0.1, -0.05) is 41.9 Å². The van der Waals surface area contributed by atoms with Gasteiger partial charge in [-0.3, -0.25) is 0 Å². The number of hydrogen-bond donors (Lipinski definition) is 0. The molecule has 2 heterocycles. The molecule has 0 aliphatic carbocycles. The summed E-state index contributed by atoms with van der Waals surface area (Å²) in [6.07, 6.45) is 0. The Bertz CT molecular complexity index is 740. The van der Waals surface area contributed by atoms with E-state index in [-0.39, 0.29) is 10.4 Å². The van der Waals surface area contributed by atoms with Crippen LogP contribution in [0.15, 0.2) is 30.3 Å². The molecule has 96 valence electrons. The van der Waals surface area contributed by atoms with E-state index in [2.05, 4.69) is 15.0 Å². The van der Waals surface area contributed by atoms with E-state index in [4.69, 9.17) is 34.8 Å². The van der Waals surface area contributed by atoms with Gasteiger partial charge in [0.15, 0.2) is 10.8 Å². The molecule has 0 saturated carbocycles. The summed E-state index contributed by atoms with van der Waals surface area (Å²) >= 11 is 18.0. The van der Waals surface area contributed by atoms with Crippen LogP contribution in [0.3, 0.4) is 0 Å². The molecule has 3 aromatic rings. The molecule has 1 aromatic carbocycles. The zero-order valence-corrected chi connectivity index (χ0v) is 11.8. The average Bonchev–Trinajstić information content (AvgIpc) is 2.67. The van der Waals surface area contributed by atoms with Crippen molar-refractivity contribution in [3.05, 3.63) is 51.6 Å². The number of fused-ring (bicyclic) bond motifs is 1. The highest BCUT2D eigenvalue weighted by atomic mass is 35.5. The molecule has 0 fully saturated rings. The molecule has 19 heavy (non-hydrogen) atoms. The third kappa shape index (κ3) is 2.39. The van der Waals surface area contributed by atoms with Crippen molar-refractivity contribution in [3.63, 3.8) is 0 Å². The Morgan fingerprint density at radius 3 is 2.42 bits per heavy atom. The fourth-order valence-corrected chi connectivity index (χ4v) is 2.55. The Balaban J connectivity index is 2.16. The third-order valence-corrected chi connectivity index (χ3v) is 3.39. The Hall–Kier alpha value is -1.36. The summed E-state index contributed by atoms with van der Waals surface area (Å²) in [6, 6.07) is 9.85. The van der Waals surface area contributed by atoms with Gasteiger partial charge >= 0.3 is 0 Å². The van der Waals surface area contributed by atoms with Crippen molar-refractivity contribution < 1.29 is 0 Å². The van der Waals surface area contributed by atoms with Gasteiger partial charge in [-0.15, -0.1) is 0 Å². The van der Waals surface area contributed by atoms with Crippen molar-refractivity contribution in [2.24, 2.45) is 0 Å². The van der Waals surface area contributed by atoms with Gasteiger partial charge in [-0.2, -0.15) is 9.97 Å². The van der Waals surface area contributed by atoms with E-state index in [1.807, 2.05) is 30.3 Å². The maximum Gasteiger partial charge on any atom is 0.225 e. The second-order valence-corrected chi connectivity index (χ2v) is 4.94. The Morgan fingerprint density at radius 2 is 1.68 bits per heavy atom. The van der Waals surface area contributed by atoms with E-state index in [1.165, 1.54) is 0 Å². The maximum absolute atomic E-state index is 6.12. The predicted molar refractivity (Wildman–Crippen MR) is 75.9 cm³/mol. The summed E-state index contributed by atoms with van der Waals surface area (Å²) in [5.41, 5.74) is 2.06. The number of halogens is 3. The number of benzene rings is 1. The molecule has 0 amide bonds. The smallest absolute Gasteiger partial charge is 0.225 e. The summed E-state index contributed by atoms with van der Waals surface area (Å²) in [7, 11) is 0. The van der Waals surface area contributed by atoms with Gasteiger partial charge < -0.3 is 4.57 Å². The van der Waals surface area contributed by atoms with Crippen LogP contribution in [0.4, 0.5) is 0 Å². The van der Waals surface area contributed by atoms with Crippen LogP contribution in [0.2, 0.25) is 15.7 Å². The van der Waals surface area contributed by atoms with Crippen LogP contribution in [0.5, 0.6) is 0 Å². The first-order valence-electron chi connectivity index (χ1n) is 5.44. The van der Waals surface area contributed by atoms with Crippen LogP contribution in [-0.4, -0.2) is 19.5 Å². The molecule has 0 saturated heterocycles. The van der Waals surface area contributed by atoms with E-state index >= 15 is 0 Å². The molecule has 3 rings (SSSR count). The Labute approximate surface area is 124 Å². The fourth-order valence-electron chi connectivity index (χ4n) is 1.85. The number of imidazole rings is 1. The van der Waals surface area contributed by atoms with E-state index in [1.54, 1.807) is 4.57 Å². The number of nitrogens with zero attached hydrogens (tertiary/aromatic N) is 4. The van der Waals surface area contributed by atoms with Crippen molar-refractivity contribution in [1.82, 2.24) is 19.5 Å². The molecule has 0 unspecified atom stereocenters. The molecular formula is C12H7Cl3N4. The number of hydrogen-bond acceptors (Lipinski definition) is 3. The van der Waals surface area contributed by atoms with Gasteiger partial charge in [0.25, 0.3) is 0 Å². The van der Waals surface area contributed by atoms with Crippen molar-refractivity contribution in [2.75, 3.05) is 0 Å². The fraction of sp³-hybridized carbons (Fsp3) is 0.0833. The van der Waals surface area contributed by atoms with Crippen molar-refractivity contribution in [3.8, 4) is 0 Å². The van der Waals surface area contributed by atoms with Crippen molar-refractivity contribution in [1.29, 1.82) is 0 Å². The Morgan fingerprint density at radius 1 is 0.947 bits per heavy atom. The van der Waals surface area contributed by atoms with Crippen LogP contribution < -0.4 is 0 Å². The SMILES string of the molecule is Clc1nc(Cl)c2c(n1)nc(Cl)n2Cc1ccccc1. The van der Waals surface area contributed by atoms with Gasteiger partial charge in [0.2, 0.25) is 10.6 Å². The highest BCUT2D eigenvalue weighted by molar-refractivity contribution is 6.36. The monoisotopic (exact) mass is 312 g/mol. The van der Waals surface area contributed by atoms with Crippen LogP contribution in [-0.2, 0) is 6.54 Å². The number of rotatable bonds is 2. The van der Waals surface area contributed by atoms with Gasteiger partial charge in [0.05, 0.1) is 6.54 Å². The summed E-state index contributed by atoms with van der Waals surface area (Å²) < 4.78 is 1.75. The van der Waals surface area contributed by atoms with E-state index in [0.29, 0.717) is 23.0 Å². The van der Waals surface area contributed by atoms with Crippen molar-refractivity contribution >= 4 is 46.0 Å². The van der Waals surface area contributed by atoms with E-state index in [9.17, 15) is 0 Å². The lowest BCUT2D eigenvalue weighted by Crippen LogP contribution is -2.00. The molecule has 4 nitrogen and oxygen atoms in total. The topological polar surface area (TPSA) is 43.6 Å². The van der Waals surface area contributed by atoms with Crippen LogP contribution in [0, 0.1) is 0 Å². The van der Waals surface area contributed by atoms with Crippen LogP contribution in [0.1, 0.15) is 5.56 Å². The molecule has 0 bridgehead atoms. The molecule has 0 aliphatic heterocycles. The van der Waals surface area contributed by atoms with Gasteiger partial charge in [-0.05, 0) is 28.8 Å². The second-order valence-electron chi connectivity index (χ2n) is 3.91. The second kappa shape index (κ2) is 4.96. The van der Waals surface area contributed by atoms with Crippen LogP contribution >= 0.6 is 34.8 Å². The standard InChI is InChI=1S/C12H7Cl3N4/c13-9-8-10(17-11(14)16-9)18-12(15)19(8)6-7-4-2-1-3-5-7/h1-5H,6H2. The maximum atomic E-state index is 6.12. The first-order valence-corrected chi connectivity index (χ1v) is 6.57. The van der Waals surface area contributed by atoms with Crippen molar-refractivity contribution in [2.45, 2.75) is 6.54 Å². The summed E-state index contributed by atoms with van der Waals surface area (Å²) in [4.78, 5) is 12.1. The molecule has 0 spiro atoms. The highest BCUT2D eigenvalue weighted by Gasteiger charge is 2.15. The predicted octanol–water partition coefficient (Wildman–Crippen LogP) is 3.83. The quantitative estimate of drug-likeness (QED) is 0.410.